The average Bonchev–Trinajstić information content (AvgIpc) is 2.90. The second-order valence-electron chi connectivity index (χ2n) is 10.4. The number of ether oxygens (including phenoxy) is 1. The first kappa shape index (κ1) is 28.6. The topological polar surface area (TPSA) is 85.7 Å². The van der Waals surface area contributed by atoms with E-state index in [9.17, 15) is 18.1 Å². The molecule has 9 heteroatoms. The van der Waals surface area contributed by atoms with Crippen molar-refractivity contribution >= 4 is 15.7 Å². The van der Waals surface area contributed by atoms with Crippen LogP contribution in [0.4, 0.5) is 10.1 Å². The van der Waals surface area contributed by atoms with Gasteiger partial charge in [-0.3, -0.25) is 4.90 Å². The molecule has 4 rings (SSSR count). The van der Waals surface area contributed by atoms with Crippen LogP contribution in [0.25, 0.3) is 11.1 Å². The van der Waals surface area contributed by atoms with E-state index in [1.807, 2.05) is 26.0 Å². The van der Waals surface area contributed by atoms with Gasteiger partial charge in [0.2, 0.25) is 10.0 Å². The maximum atomic E-state index is 14.3. The lowest BCUT2D eigenvalue weighted by molar-refractivity contribution is 0.189. The summed E-state index contributed by atoms with van der Waals surface area (Å²) < 4.78 is 46.2. The Hall–Kier alpha value is -3.45. The third-order valence-corrected chi connectivity index (χ3v) is 8.73. The van der Waals surface area contributed by atoms with Gasteiger partial charge < -0.3 is 10.1 Å². The number of piperidine rings is 1. The van der Waals surface area contributed by atoms with Crippen molar-refractivity contribution in [1.29, 1.82) is 5.26 Å². The number of hydrogen-bond donors (Lipinski definition) is 1. The maximum Gasteiger partial charge on any atom is 0.242 e. The molecule has 1 saturated heterocycles. The third kappa shape index (κ3) is 6.77. The zero-order chi connectivity index (χ0) is 28.2. The van der Waals surface area contributed by atoms with Gasteiger partial charge in [0.05, 0.1) is 17.1 Å². The Morgan fingerprint density at radius 3 is 2.38 bits per heavy atom. The Morgan fingerprint density at radius 2 is 1.77 bits per heavy atom. The third-order valence-electron chi connectivity index (χ3n) is 6.90. The monoisotopic (exact) mass is 550 g/mol. The molecule has 1 fully saturated rings. The highest BCUT2D eigenvalue weighted by molar-refractivity contribution is 7.89. The van der Waals surface area contributed by atoms with Crippen molar-refractivity contribution in [3.8, 4) is 22.9 Å². The summed E-state index contributed by atoms with van der Waals surface area (Å²) in [6.45, 7) is 6.17. The molecule has 0 radical (unpaired) electrons. The van der Waals surface area contributed by atoms with Crippen LogP contribution in [-0.4, -0.2) is 56.5 Å². The predicted molar refractivity (Wildman–Crippen MR) is 151 cm³/mol. The summed E-state index contributed by atoms with van der Waals surface area (Å²) in [5.41, 5.74) is 2.23. The number of rotatable bonds is 9. The number of sulfonamides is 1. The van der Waals surface area contributed by atoms with E-state index in [2.05, 4.69) is 28.4 Å². The second kappa shape index (κ2) is 11.7. The first-order chi connectivity index (χ1) is 18.5. The number of benzene rings is 3. The van der Waals surface area contributed by atoms with Crippen molar-refractivity contribution in [3.63, 3.8) is 0 Å². The van der Waals surface area contributed by atoms with E-state index >= 15 is 0 Å². The summed E-state index contributed by atoms with van der Waals surface area (Å²) >= 11 is 0. The van der Waals surface area contributed by atoms with Gasteiger partial charge in [0.1, 0.15) is 17.1 Å². The minimum absolute atomic E-state index is 0.106. The summed E-state index contributed by atoms with van der Waals surface area (Å²) in [5.74, 6) is 0.431. The molecule has 0 unspecified atom stereocenters. The lowest BCUT2D eigenvalue weighted by atomic mass is 9.87. The molecule has 3 aromatic rings. The molecule has 206 valence electrons. The number of nitrogens with one attached hydrogen (secondary N) is 1. The summed E-state index contributed by atoms with van der Waals surface area (Å²) in [6.07, 6.45) is 1.25. The van der Waals surface area contributed by atoms with Crippen LogP contribution in [0.2, 0.25) is 0 Å². The molecule has 1 aliphatic heterocycles. The number of halogens is 1. The fourth-order valence-corrected chi connectivity index (χ4v) is 5.65. The number of anilines is 1. The Kier molecular flexibility index (Phi) is 8.60. The first-order valence-electron chi connectivity index (χ1n) is 13.0. The summed E-state index contributed by atoms with van der Waals surface area (Å²) in [7, 11) is -0.597. The molecule has 39 heavy (non-hydrogen) atoms. The van der Waals surface area contributed by atoms with Crippen molar-refractivity contribution in [2.24, 2.45) is 0 Å². The zero-order valence-corrected chi connectivity index (χ0v) is 23.6. The van der Waals surface area contributed by atoms with Crippen LogP contribution in [-0.2, 0) is 16.6 Å². The highest BCUT2D eigenvalue weighted by Crippen LogP contribution is 2.35. The largest absolute Gasteiger partial charge is 0.491 e. The summed E-state index contributed by atoms with van der Waals surface area (Å²) in [5, 5.41) is 13.6. The van der Waals surface area contributed by atoms with Crippen LogP contribution in [0.5, 0.6) is 5.75 Å². The Morgan fingerprint density at radius 1 is 1.08 bits per heavy atom. The lowest BCUT2D eigenvalue weighted by Gasteiger charge is -2.38. The summed E-state index contributed by atoms with van der Waals surface area (Å²) in [6, 6.07) is 21.4. The van der Waals surface area contributed by atoms with Gasteiger partial charge in [-0.15, -0.1) is 0 Å². The molecule has 1 heterocycles. The molecule has 0 saturated carbocycles. The fraction of sp³-hybridized carbons (Fsp3) is 0.367. The van der Waals surface area contributed by atoms with Gasteiger partial charge in [-0.1, -0.05) is 24.3 Å². The number of likely N-dealkylation sites (tertiary alicyclic amines) is 1. The number of nitrogens with zero attached hydrogens (tertiary/aromatic N) is 3. The van der Waals surface area contributed by atoms with Crippen molar-refractivity contribution in [2.75, 3.05) is 32.5 Å². The average molecular weight is 551 g/mol. The molecular weight excluding hydrogens is 515 g/mol. The van der Waals surface area contributed by atoms with Crippen molar-refractivity contribution in [2.45, 2.75) is 49.8 Å². The van der Waals surface area contributed by atoms with Gasteiger partial charge in [0.25, 0.3) is 0 Å². The van der Waals surface area contributed by atoms with E-state index in [1.165, 1.54) is 38.4 Å². The van der Waals surface area contributed by atoms with Gasteiger partial charge in [-0.05, 0) is 80.3 Å². The smallest absolute Gasteiger partial charge is 0.242 e. The van der Waals surface area contributed by atoms with Crippen LogP contribution in [0.15, 0.2) is 71.6 Å². The zero-order valence-electron chi connectivity index (χ0n) is 22.8. The quantitative estimate of drug-likeness (QED) is 0.379. The molecule has 0 aliphatic carbocycles. The molecule has 0 aromatic heterocycles. The highest BCUT2D eigenvalue weighted by atomic mass is 32.2. The molecule has 0 amide bonds. The molecule has 1 aliphatic rings. The lowest BCUT2D eigenvalue weighted by Crippen LogP contribution is -2.48. The van der Waals surface area contributed by atoms with Gasteiger partial charge in [0.15, 0.2) is 0 Å². The van der Waals surface area contributed by atoms with E-state index in [1.54, 1.807) is 18.2 Å². The SMILES string of the molecule is CC(C)Oc1cccc(CN2CCC(C#N)(Nc3cc(F)ccc3-c3ccc(S(=O)(=O)N(C)C)cc3)CC2)c1. The number of hydrogen-bond acceptors (Lipinski definition) is 6. The Bertz CT molecular complexity index is 1440. The van der Waals surface area contributed by atoms with Crippen LogP contribution in [0, 0.1) is 17.1 Å². The predicted octanol–water partition coefficient (Wildman–Crippen LogP) is 5.50. The van der Waals surface area contributed by atoms with Crippen molar-refractivity contribution in [1.82, 2.24) is 9.21 Å². The fourth-order valence-electron chi connectivity index (χ4n) is 4.75. The number of nitriles is 1. The second-order valence-corrected chi connectivity index (χ2v) is 12.6. The van der Waals surface area contributed by atoms with E-state index in [0.29, 0.717) is 37.2 Å². The standard InChI is InChI=1S/C30H35FN4O3S/c1-22(2)38-26-7-5-6-23(18-26)20-35-16-14-30(21-32,15-17-35)33-29-19-25(31)10-13-28(29)24-8-11-27(12-9-24)39(36,37)34(3)4/h5-13,18-19,22,33H,14-17,20H2,1-4H3. The van der Waals surface area contributed by atoms with E-state index in [4.69, 9.17) is 4.74 Å². The minimum atomic E-state index is -3.56. The molecule has 0 spiro atoms. The Labute approximate surface area is 230 Å². The Balaban J connectivity index is 1.50. The molecule has 7 nitrogen and oxygen atoms in total. The molecule has 1 N–H and O–H groups in total. The van der Waals surface area contributed by atoms with Gasteiger partial charge in [0, 0.05) is 45.0 Å². The molecule has 3 aromatic carbocycles. The van der Waals surface area contributed by atoms with E-state index < -0.39 is 21.4 Å². The van der Waals surface area contributed by atoms with Gasteiger partial charge in [-0.25, -0.2) is 17.1 Å². The normalized spacial score (nSPS) is 15.7. The van der Waals surface area contributed by atoms with Crippen LogP contribution < -0.4 is 10.1 Å². The van der Waals surface area contributed by atoms with E-state index in [0.717, 1.165) is 27.7 Å². The van der Waals surface area contributed by atoms with Crippen LogP contribution >= 0.6 is 0 Å². The first-order valence-corrected chi connectivity index (χ1v) is 14.5. The van der Waals surface area contributed by atoms with Crippen molar-refractivity contribution < 1.29 is 17.5 Å². The van der Waals surface area contributed by atoms with Crippen LogP contribution in [0.1, 0.15) is 32.3 Å². The summed E-state index contributed by atoms with van der Waals surface area (Å²) in [4.78, 5) is 2.48. The molecule has 0 atom stereocenters. The maximum absolute atomic E-state index is 14.3. The molecule has 0 bridgehead atoms. The van der Waals surface area contributed by atoms with E-state index in [-0.39, 0.29) is 11.0 Å². The highest BCUT2D eigenvalue weighted by Gasteiger charge is 2.35. The minimum Gasteiger partial charge on any atom is -0.491 e. The van der Waals surface area contributed by atoms with Crippen molar-refractivity contribution in [3.05, 3.63) is 78.1 Å². The van der Waals surface area contributed by atoms with Gasteiger partial charge >= 0.3 is 0 Å². The van der Waals surface area contributed by atoms with Gasteiger partial charge in [-0.2, -0.15) is 5.26 Å². The van der Waals surface area contributed by atoms with Crippen LogP contribution in [0.3, 0.4) is 0 Å². The molecular formula is C30H35FN4O3S.